The van der Waals surface area contributed by atoms with Crippen LogP contribution in [-0.2, 0) is 0 Å². The highest BCUT2D eigenvalue weighted by Gasteiger charge is 2.20. The maximum atomic E-state index is 2.50. The molecule has 202 valence electrons. The summed E-state index contributed by atoms with van der Waals surface area (Å²) >= 11 is 0. The van der Waals surface area contributed by atoms with Crippen molar-refractivity contribution in [2.45, 2.75) is 41.5 Å². The van der Waals surface area contributed by atoms with Gasteiger partial charge in [-0.1, -0.05) is 96.1 Å². The van der Waals surface area contributed by atoms with Crippen LogP contribution in [0.5, 0.6) is 0 Å². The predicted molar refractivity (Wildman–Crippen MR) is 185 cm³/mol. The molecular formula is C42H34. The number of hydrogen-bond donors (Lipinski definition) is 0. The van der Waals surface area contributed by atoms with Crippen molar-refractivity contribution in [3.05, 3.63) is 130 Å². The summed E-state index contributed by atoms with van der Waals surface area (Å²) in [6.07, 6.45) is 0. The van der Waals surface area contributed by atoms with Crippen molar-refractivity contribution in [3.8, 4) is 11.1 Å². The quantitative estimate of drug-likeness (QED) is 0.182. The normalized spacial score (nSPS) is 12.0. The fraction of sp³-hybridized carbons (Fsp3) is 0.143. The van der Waals surface area contributed by atoms with E-state index in [1.807, 2.05) is 0 Å². The first-order valence-corrected chi connectivity index (χ1v) is 15.0. The van der Waals surface area contributed by atoms with Gasteiger partial charge in [0.15, 0.2) is 0 Å². The van der Waals surface area contributed by atoms with Gasteiger partial charge >= 0.3 is 0 Å². The molecule has 8 aromatic carbocycles. The molecule has 0 aliphatic rings. The van der Waals surface area contributed by atoms with E-state index in [2.05, 4.69) is 139 Å². The number of benzene rings is 8. The highest BCUT2D eigenvalue weighted by atomic mass is 14.2. The third kappa shape index (κ3) is 3.48. The van der Waals surface area contributed by atoms with Gasteiger partial charge in [-0.3, -0.25) is 0 Å². The van der Waals surface area contributed by atoms with Crippen LogP contribution >= 0.6 is 0 Å². The van der Waals surface area contributed by atoms with Crippen LogP contribution in [0.4, 0.5) is 0 Å². The maximum absolute atomic E-state index is 2.50. The Labute approximate surface area is 247 Å². The van der Waals surface area contributed by atoms with Crippen molar-refractivity contribution in [2.75, 3.05) is 0 Å². The van der Waals surface area contributed by atoms with Crippen LogP contribution in [0.25, 0.3) is 75.8 Å². The standard InChI is InChI=1S/C42H34/c1-23-15-25(3)33-21-37(41-31-13-9-7-11-29(31)19-27(5)39(41)35(33)17-23)38-22-34-26(4)16-24(2)18-36(34)40-28(6)20-30-12-8-10-14-32(30)42(38)40/h7-22H,1-6H3. The summed E-state index contributed by atoms with van der Waals surface area (Å²) in [5.41, 5.74) is 10.6. The van der Waals surface area contributed by atoms with E-state index in [0.29, 0.717) is 0 Å². The van der Waals surface area contributed by atoms with Gasteiger partial charge in [-0.2, -0.15) is 0 Å². The van der Waals surface area contributed by atoms with Gasteiger partial charge in [0.1, 0.15) is 0 Å². The molecule has 0 saturated heterocycles. The van der Waals surface area contributed by atoms with E-state index in [4.69, 9.17) is 0 Å². The van der Waals surface area contributed by atoms with Gasteiger partial charge in [0, 0.05) is 0 Å². The first-order chi connectivity index (χ1) is 20.3. The van der Waals surface area contributed by atoms with Crippen molar-refractivity contribution < 1.29 is 0 Å². The van der Waals surface area contributed by atoms with Crippen molar-refractivity contribution in [1.29, 1.82) is 0 Å². The summed E-state index contributed by atoms with van der Waals surface area (Å²) < 4.78 is 0. The second-order valence-electron chi connectivity index (χ2n) is 12.5. The Kier molecular flexibility index (Phi) is 5.32. The molecule has 0 nitrogen and oxygen atoms in total. The first kappa shape index (κ1) is 25.1. The Morgan fingerprint density at radius 1 is 0.310 bits per heavy atom. The molecule has 0 radical (unpaired) electrons. The van der Waals surface area contributed by atoms with Crippen LogP contribution in [-0.4, -0.2) is 0 Å². The molecule has 0 unspecified atom stereocenters. The van der Waals surface area contributed by atoms with Crippen molar-refractivity contribution in [2.24, 2.45) is 0 Å². The fourth-order valence-electron chi connectivity index (χ4n) is 7.84. The molecule has 0 spiro atoms. The average molecular weight is 539 g/mol. The van der Waals surface area contributed by atoms with Gasteiger partial charge in [-0.05, 0) is 152 Å². The topological polar surface area (TPSA) is 0 Å². The van der Waals surface area contributed by atoms with Crippen LogP contribution in [0.15, 0.2) is 97.1 Å². The smallest absolute Gasteiger partial charge is 0.00175 e. The maximum Gasteiger partial charge on any atom is -0.00175 e. The van der Waals surface area contributed by atoms with Crippen molar-refractivity contribution >= 4 is 64.6 Å². The van der Waals surface area contributed by atoms with E-state index in [1.54, 1.807) is 0 Å². The zero-order valence-electron chi connectivity index (χ0n) is 25.2. The predicted octanol–water partition coefficient (Wildman–Crippen LogP) is 12.1. The SMILES string of the molecule is Cc1cc(C)c2cc(-c3cc4c(C)cc(C)cc4c4c(C)cc5ccccc5c34)c3c4ccccc4cc(C)c3c2c1. The molecule has 8 aromatic rings. The van der Waals surface area contributed by atoms with Crippen LogP contribution in [0.1, 0.15) is 33.4 Å². The number of hydrogen-bond acceptors (Lipinski definition) is 0. The number of aryl methyl sites for hydroxylation is 6. The largest absolute Gasteiger partial charge is 0.0616 e. The minimum atomic E-state index is 1.30. The van der Waals surface area contributed by atoms with Crippen LogP contribution in [0.3, 0.4) is 0 Å². The van der Waals surface area contributed by atoms with Crippen LogP contribution in [0, 0.1) is 41.5 Å². The molecule has 0 aromatic heterocycles. The van der Waals surface area contributed by atoms with Gasteiger partial charge in [-0.25, -0.2) is 0 Å². The third-order valence-electron chi connectivity index (χ3n) is 9.50. The summed E-state index contributed by atoms with van der Waals surface area (Å²) in [4.78, 5) is 0. The summed E-state index contributed by atoms with van der Waals surface area (Å²) in [6, 6.07) is 37.1. The van der Waals surface area contributed by atoms with Gasteiger partial charge in [-0.15, -0.1) is 0 Å². The lowest BCUT2D eigenvalue weighted by Gasteiger charge is -2.21. The third-order valence-corrected chi connectivity index (χ3v) is 9.50. The van der Waals surface area contributed by atoms with E-state index in [-0.39, 0.29) is 0 Å². The molecule has 42 heavy (non-hydrogen) atoms. The molecule has 0 heterocycles. The molecule has 8 rings (SSSR count). The molecule has 0 N–H and O–H groups in total. The minimum Gasteiger partial charge on any atom is -0.0616 e. The molecular weight excluding hydrogens is 504 g/mol. The zero-order valence-corrected chi connectivity index (χ0v) is 25.2. The van der Waals surface area contributed by atoms with E-state index in [0.717, 1.165) is 0 Å². The summed E-state index contributed by atoms with van der Waals surface area (Å²) in [5.74, 6) is 0. The van der Waals surface area contributed by atoms with Gasteiger partial charge < -0.3 is 0 Å². The van der Waals surface area contributed by atoms with Crippen molar-refractivity contribution in [1.82, 2.24) is 0 Å². The molecule has 0 aliphatic carbocycles. The van der Waals surface area contributed by atoms with E-state index < -0.39 is 0 Å². The van der Waals surface area contributed by atoms with Gasteiger partial charge in [0.25, 0.3) is 0 Å². The fourth-order valence-corrected chi connectivity index (χ4v) is 7.84. The highest BCUT2D eigenvalue weighted by Crippen LogP contribution is 2.47. The van der Waals surface area contributed by atoms with Crippen LogP contribution < -0.4 is 0 Å². The zero-order chi connectivity index (χ0) is 28.9. The lowest BCUT2D eigenvalue weighted by molar-refractivity contribution is 1.43. The average Bonchev–Trinajstić information content (AvgIpc) is 2.96. The van der Waals surface area contributed by atoms with E-state index in [9.17, 15) is 0 Å². The Morgan fingerprint density at radius 3 is 1.14 bits per heavy atom. The Hall–Kier alpha value is -4.68. The Morgan fingerprint density at radius 2 is 0.714 bits per heavy atom. The minimum absolute atomic E-state index is 1.30. The summed E-state index contributed by atoms with van der Waals surface area (Å²) in [5, 5.41) is 16.1. The second-order valence-corrected chi connectivity index (χ2v) is 12.5. The Balaban J connectivity index is 1.73. The molecule has 0 saturated carbocycles. The molecule has 0 amide bonds. The van der Waals surface area contributed by atoms with E-state index in [1.165, 1.54) is 109 Å². The number of rotatable bonds is 1. The molecule has 0 atom stereocenters. The second kappa shape index (κ2) is 8.91. The van der Waals surface area contributed by atoms with E-state index >= 15 is 0 Å². The lowest BCUT2D eigenvalue weighted by Crippen LogP contribution is -1.95. The first-order valence-electron chi connectivity index (χ1n) is 15.0. The van der Waals surface area contributed by atoms with Crippen molar-refractivity contribution in [3.63, 3.8) is 0 Å². The molecule has 0 heteroatoms. The van der Waals surface area contributed by atoms with Gasteiger partial charge in [0.05, 0.1) is 0 Å². The Bertz CT molecular complexity index is 2280. The summed E-state index contributed by atoms with van der Waals surface area (Å²) in [6.45, 7) is 13.6. The summed E-state index contributed by atoms with van der Waals surface area (Å²) in [7, 11) is 0. The number of fused-ring (bicyclic) bond motifs is 10. The highest BCUT2D eigenvalue weighted by molar-refractivity contribution is 6.30. The molecule has 0 bridgehead atoms. The monoisotopic (exact) mass is 538 g/mol. The lowest BCUT2D eigenvalue weighted by atomic mass is 9.82. The molecule has 0 fully saturated rings. The van der Waals surface area contributed by atoms with Crippen LogP contribution in [0.2, 0.25) is 0 Å². The molecule has 0 aliphatic heterocycles. The van der Waals surface area contributed by atoms with Gasteiger partial charge in [0.2, 0.25) is 0 Å².